The molecule has 3 heterocycles. The Balaban J connectivity index is 0.931. The maximum atomic E-state index is 15.6. The number of hydrogen-bond donors (Lipinski definition) is 2. The van der Waals surface area contributed by atoms with Crippen LogP contribution in [0, 0.1) is 0 Å². The molecule has 2 atom stereocenters. The summed E-state index contributed by atoms with van der Waals surface area (Å²) in [4.78, 5) is 71.5. The van der Waals surface area contributed by atoms with Crippen LogP contribution in [0.2, 0.25) is 0 Å². The number of ether oxygens (including phenoxy) is 2. The number of amides is 2. The lowest BCUT2D eigenvalue weighted by atomic mass is 9.77. The number of rotatable bonds is 21. The Morgan fingerprint density at radius 2 is 1.05 bits per heavy atom. The Kier molecular flexibility index (Phi) is 16.6. The summed E-state index contributed by atoms with van der Waals surface area (Å²) >= 11 is 2.67. The number of benzene rings is 9. The number of fused-ring (bicyclic) bond motifs is 1. The van der Waals surface area contributed by atoms with Crippen molar-refractivity contribution in [3.05, 3.63) is 339 Å². The second kappa shape index (κ2) is 25.4. The van der Waals surface area contributed by atoms with Crippen molar-refractivity contribution in [2.24, 2.45) is 5.16 Å². The molecule has 1 unspecified atom stereocenters. The number of anilines is 1. The molecule has 0 bridgehead atoms. The van der Waals surface area contributed by atoms with Crippen molar-refractivity contribution >= 4 is 57.5 Å². The second-order valence-corrected chi connectivity index (χ2v) is 22.6. The fourth-order valence-electron chi connectivity index (χ4n) is 11.1. The van der Waals surface area contributed by atoms with Gasteiger partial charge in [0.05, 0.1) is 0 Å². The van der Waals surface area contributed by atoms with Crippen LogP contribution >= 0.6 is 23.1 Å². The molecule has 0 radical (unpaired) electrons. The molecule has 1 saturated heterocycles. The average molecular weight is 1170 g/mol. The number of nitrogens with one attached hydrogen (secondary N) is 2. The molecular weight excluding hydrogens is 1110 g/mol. The SMILES string of the molecule is CC(=O)c1ccc(OCC2=C(C(=O)OC(c3ccccc3)c3ccccc3)N3C(=O)C(NC(=O)C(=NOC(c4ccccc4)(c4ccccc4)c4ccccc4)c4csc(NC(c5ccccc5)(c5ccccc5)c5ccccc5)n4)[C@@H]3SC2)cc1. The topological polar surface area (TPSA) is 149 Å². The van der Waals surface area contributed by atoms with Crippen molar-refractivity contribution in [1.82, 2.24) is 15.2 Å². The molecule has 0 saturated carbocycles. The largest absolute Gasteiger partial charge is 0.489 e. The second-order valence-electron chi connectivity index (χ2n) is 20.6. The molecule has 0 spiro atoms. The molecule has 2 N–H and O–H groups in total. The summed E-state index contributed by atoms with van der Waals surface area (Å²) in [6, 6.07) is 83.9. The number of esters is 1. The van der Waals surface area contributed by atoms with Crippen molar-refractivity contribution in [2.75, 3.05) is 17.7 Å². The van der Waals surface area contributed by atoms with Gasteiger partial charge in [0.15, 0.2) is 22.7 Å². The molecular formula is C72H57N5O7S2. The predicted molar refractivity (Wildman–Crippen MR) is 337 cm³/mol. The number of aromatic nitrogens is 1. The third-order valence-corrected chi connectivity index (χ3v) is 17.4. The fourth-order valence-corrected chi connectivity index (χ4v) is 13.2. The first-order chi connectivity index (χ1) is 42.2. The minimum atomic E-state index is -1.40. The standard InChI is InChI=1S/C72H57N5O7S2/c1-49(78)50-42-44-60(45-43-50)82-46-53-47-85-68-63(67(80)77(68)64(53)69(81)83-65(51-26-10-2-11-27-51)52-28-12-3-13-29-52)74-66(79)62(76-84-72(57-36-20-7-21-37-57,58-38-22-8-23-39-58)59-40-24-9-25-41-59)61-48-86-70(73-61)75-71(54-30-14-4-15-31-54,55-32-16-5-17-33-55)56-34-18-6-19-35-56/h2-45,48,63,65,68H,46-47H2,1H3,(H,73,75)(H,74,79)/t63?,68-/m0/s1. The van der Waals surface area contributed by atoms with Gasteiger partial charge in [0.1, 0.15) is 40.7 Å². The van der Waals surface area contributed by atoms with Crippen molar-refractivity contribution < 1.29 is 33.5 Å². The first-order valence-corrected chi connectivity index (χ1v) is 30.0. The smallest absolute Gasteiger partial charge is 0.356 e. The van der Waals surface area contributed by atoms with Crippen molar-refractivity contribution in [1.29, 1.82) is 0 Å². The number of β-lactam (4-membered cyclic amide) rings is 1. The molecule has 9 aromatic carbocycles. The van der Waals surface area contributed by atoms with Gasteiger partial charge in [0, 0.05) is 39.0 Å². The van der Waals surface area contributed by atoms with E-state index in [0.717, 1.165) is 44.5 Å². The summed E-state index contributed by atoms with van der Waals surface area (Å²) in [5.74, 6) is -1.42. The Morgan fingerprint density at radius 3 is 1.50 bits per heavy atom. The molecule has 424 valence electrons. The summed E-state index contributed by atoms with van der Waals surface area (Å²) in [7, 11) is 0. The van der Waals surface area contributed by atoms with Gasteiger partial charge >= 0.3 is 5.97 Å². The molecule has 1 fully saturated rings. The number of thiazole rings is 1. The van der Waals surface area contributed by atoms with E-state index in [4.69, 9.17) is 24.5 Å². The zero-order valence-electron chi connectivity index (χ0n) is 46.6. The van der Waals surface area contributed by atoms with Gasteiger partial charge in [-0.15, -0.1) is 23.1 Å². The van der Waals surface area contributed by atoms with Crippen LogP contribution < -0.4 is 15.4 Å². The zero-order chi connectivity index (χ0) is 58.9. The van der Waals surface area contributed by atoms with E-state index >= 15 is 14.4 Å². The van der Waals surface area contributed by atoms with Gasteiger partial charge < -0.3 is 24.9 Å². The molecule has 0 aliphatic carbocycles. The van der Waals surface area contributed by atoms with Crippen LogP contribution in [0.25, 0.3) is 0 Å². The Morgan fingerprint density at radius 1 is 0.605 bits per heavy atom. The zero-order valence-corrected chi connectivity index (χ0v) is 48.3. The molecule has 12 rings (SSSR count). The van der Waals surface area contributed by atoms with Gasteiger partial charge in [-0.3, -0.25) is 19.3 Å². The van der Waals surface area contributed by atoms with E-state index in [1.165, 1.54) is 34.9 Å². The van der Waals surface area contributed by atoms with Crippen LogP contribution in [0.1, 0.15) is 73.6 Å². The highest BCUT2D eigenvalue weighted by Gasteiger charge is 2.55. The molecule has 1 aromatic heterocycles. The van der Waals surface area contributed by atoms with Crippen LogP contribution in [0.4, 0.5) is 5.13 Å². The average Bonchev–Trinajstić information content (AvgIpc) is 1.21. The number of carbonyl (C=O) groups is 4. The third kappa shape index (κ3) is 11.3. The highest BCUT2D eigenvalue weighted by atomic mass is 32.2. The number of ketones is 1. The van der Waals surface area contributed by atoms with Crippen molar-refractivity contribution in [3.63, 3.8) is 0 Å². The van der Waals surface area contributed by atoms with E-state index < -0.39 is 46.4 Å². The molecule has 10 aromatic rings. The predicted octanol–water partition coefficient (Wildman–Crippen LogP) is 13.5. The van der Waals surface area contributed by atoms with E-state index in [1.807, 2.05) is 206 Å². The Bertz CT molecular complexity index is 3820. The van der Waals surface area contributed by atoms with E-state index in [-0.39, 0.29) is 35.2 Å². The minimum absolute atomic E-state index is 0.0195. The number of nitrogens with zero attached hydrogens (tertiary/aromatic N) is 3. The van der Waals surface area contributed by atoms with Gasteiger partial charge in [-0.05, 0) is 59.0 Å². The summed E-state index contributed by atoms with van der Waals surface area (Å²) in [6.45, 7) is 1.41. The van der Waals surface area contributed by atoms with Gasteiger partial charge in [-0.25, -0.2) is 9.78 Å². The Hall–Kier alpha value is -10.2. The molecule has 2 aliphatic heterocycles. The summed E-state index contributed by atoms with van der Waals surface area (Å²) in [6.07, 6.45) is -0.831. The fraction of sp³-hybridized carbons (Fsp3) is 0.111. The van der Waals surface area contributed by atoms with Crippen molar-refractivity contribution in [3.8, 4) is 5.75 Å². The van der Waals surface area contributed by atoms with Crippen LogP contribution in [0.3, 0.4) is 0 Å². The molecule has 86 heavy (non-hydrogen) atoms. The number of thioether (sulfide) groups is 1. The summed E-state index contributed by atoms with van der Waals surface area (Å²) in [5, 5.41) is 13.2. The molecule has 12 nitrogen and oxygen atoms in total. The first-order valence-electron chi connectivity index (χ1n) is 28.1. The minimum Gasteiger partial charge on any atom is -0.489 e. The van der Waals surface area contributed by atoms with E-state index in [2.05, 4.69) is 47.0 Å². The number of Topliss-reactive ketones (excluding diaryl/α,β-unsaturated/α-hetero) is 1. The van der Waals surface area contributed by atoms with E-state index in [1.54, 1.807) is 29.6 Å². The monoisotopic (exact) mass is 1170 g/mol. The van der Waals surface area contributed by atoms with Crippen LogP contribution in [-0.4, -0.2) is 62.9 Å². The van der Waals surface area contributed by atoms with Crippen LogP contribution in [0.5, 0.6) is 5.75 Å². The number of oxime groups is 1. The van der Waals surface area contributed by atoms with Gasteiger partial charge in [0.25, 0.3) is 11.8 Å². The van der Waals surface area contributed by atoms with E-state index in [9.17, 15) is 4.79 Å². The lowest BCUT2D eigenvalue weighted by molar-refractivity contribution is -0.154. The number of hydrogen-bond acceptors (Lipinski definition) is 12. The molecule has 2 amide bonds. The summed E-state index contributed by atoms with van der Waals surface area (Å²) in [5.41, 5.74) is 5.19. The van der Waals surface area contributed by atoms with Gasteiger partial charge in [-0.1, -0.05) is 248 Å². The first kappa shape index (κ1) is 56.3. The highest BCUT2D eigenvalue weighted by Crippen LogP contribution is 2.45. The van der Waals surface area contributed by atoms with Gasteiger partial charge in [0.2, 0.25) is 5.60 Å². The molecule has 2 aliphatic rings. The third-order valence-electron chi connectivity index (χ3n) is 15.3. The maximum Gasteiger partial charge on any atom is 0.356 e. The molecule has 14 heteroatoms. The quantitative estimate of drug-likeness (QED) is 0.0178. The van der Waals surface area contributed by atoms with Gasteiger partial charge in [-0.2, -0.15) is 0 Å². The maximum absolute atomic E-state index is 15.6. The summed E-state index contributed by atoms with van der Waals surface area (Å²) < 4.78 is 12.7. The van der Waals surface area contributed by atoms with Crippen LogP contribution in [0.15, 0.2) is 289 Å². The van der Waals surface area contributed by atoms with Crippen LogP contribution in [-0.2, 0) is 35.1 Å². The lowest BCUT2D eigenvalue weighted by Gasteiger charge is -2.49. The highest BCUT2D eigenvalue weighted by molar-refractivity contribution is 8.00. The Labute approximate surface area is 506 Å². The lowest BCUT2D eigenvalue weighted by Crippen LogP contribution is -2.71. The van der Waals surface area contributed by atoms with E-state index in [0.29, 0.717) is 22.0 Å². The normalized spacial score (nSPS) is 15.0. The van der Waals surface area contributed by atoms with Crippen molar-refractivity contribution in [2.45, 2.75) is 35.6 Å². The number of carbonyl (C=O) groups excluding carboxylic acids is 4.